The van der Waals surface area contributed by atoms with Crippen LogP contribution in [0.3, 0.4) is 0 Å². The van der Waals surface area contributed by atoms with E-state index in [9.17, 15) is 0 Å². The maximum Gasteiger partial charge on any atom is 0.123 e. The third kappa shape index (κ3) is 3.34. The first kappa shape index (κ1) is 13.1. The van der Waals surface area contributed by atoms with Crippen LogP contribution < -0.4 is 16.0 Å². The molecule has 1 aromatic heterocycles. The van der Waals surface area contributed by atoms with E-state index < -0.39 is 0 Å². The topological polar surface area (TPSA) is 74.4 Å². The summed E-state index contributed by atoms with van der Waals surface area (Å²) in [5.41, 5.74) is 6.72. The zero-order valence-electron chi connectivity index (χ0n) is 10.8. The van der Waals surface area contributed by atoms with Crippen molar-refractivity contribution in [3.05, 3.63) is 18.3 Å². The number of nitrogens with two attached hydrogens (primary N) is 1. The minimum atomic E-state index is 0.180. The summed E-state index contributed by atoms with van der Waals surface area (Å²) in [6.45, 7) is 4.24. The van der Waals surface area contributed by atoms with Gasteiger partial charge in [-0.05, 0) is 31.9 Å². The lowest BCUT2D eigenvalue weighted by Crippen LogP contribution is -2.46. The Labute approximate surface area is 108 Å². The molecule has 2 rings (SSSR count). The van der Waals surface area contributed by atoms with Crippen molar-refractivity contribution in [1.82, 2.24) is 10.3 Å². The second-order valence-corrected chi connectivity index (χ2v) is 4.95. The molecule has 5 heteroatoms. The van der Waals surface area contributed by atoms with Crippen LogP contribution in [0.25, 0.3) is 0 Å². The van der Waals surface area contributed by atoms with E-state index >= 15 is 0 Å². The highest BCUT2D eigenvalue weighted by molar-refractivity contribution is 5.48. The third-order valence-corrected chi connectivity index (χ3v) is 3.42. The molecule has 0 bridgehead atoms. The van der Waals surface area contributed by atoms with Crippen molar-refractivity contribution in [2.24, 2.45) is 0 Å². The molecule has 1 atom stereocenters. The molecule has 0 aromatic carbocycles. The molecule has 0 saturated carbocycles. The molecule has 0 radical (unpaired) electrons. The van der Waals surface area contributed by atoms with Crippen LogP contribution in [-0.2, 0) is 0 Å². The van der Waals surface area contributed by atoms with E-state index in [2.05, 4.69) is 15.2 Å². The minimum Gasteiger partial charge on any atom is -0.395 e. The fourth-order valence-electron chi connectivity index (χ4n) is 2.34. The molecule has 1 fully saturated rings. The third-order valence-electron chi connectivity index (χ3n) is 3.42. The molecule has 5 nitrogen and oxygen atoms in total. The molecule has 18 heavy (non-hydrogen) atoms. The highest BCUT2D eigenvalue weighted by Gasteiger charge is 2.20. The monoisotopic (exact) mass is 250 g/mol. The van der Waals surface area contributed by atoms with Gasteiger partial charge in [0, 0.05) is 25.2 Å². The van der Waals surface area contributed by atoms with Gasteiger partial charge in [-0.25, -0.2) is 4.98 Å². The Hall–Kier alpha value is -1.33. The van der Waals surface area contributed by atoms with Crippen LogP contribution in [0.4, 0.5) is 11.5 Å². The summed E-state index contributed by atoms with van der Waals surface area (Å²) >= 11 is 0. The van der Waals surface area contributed by atoms with Crippen LogP contribution in [0.5, 0.6) is 0 Å². The number of aliphatic hydroxyl groups excluding tert-OH is 1. The predicted octanol–water partition coefficient (Wildman–Crippen LogP) is 0.603. The molecule has 0 aliphatic carbocycles. The van der Waals surface area contributed by atoms with Crippen molar-refractivity contribution in [3.63, 3.8) is 0 Å². The number of piperidine rings is 1. The van der Waals surface area contributed by atoms with Gasteiger partial charge in [0.25, 0.3) is 0 Å². The van der Waals surface area contributed by atoms with Gasteiger partial charge in [0.1, 0.15) is 5.82 Å². The van der Waals surface area contributed by atoms with Crippen molar-refractivity contribution in [2.45, 2.75) is 31.8 Å². The molecule has 1 aromatic rings. The molecule has 0 unspecified atom stereocenters. The highest BCUT2D eigenvalue weighted by atomic mass is 16.3. The Morgan fingerprint density at radius 2 is 2.22 bits per heavy atom. The van der Waals surface area contributed by atoms with Gasteiger partial charge >= 0.3 is 0 Å². The van der Waals surface area contributed by atoms with E-state index in [-0.39, 0.29) is 12.6 Å². The molecule has 100 valence electrons. The molecule has 1 aliphatic heterocycles. The van der Waals surface area contributed by atoms with Gasteiger partial charge in [0.15, 0.2) is 0 Å². The number of nitrogens with one attached hydrogen (secondary N) is 1. The number of hydrogen-bond donors (Lipinski definition) is 3. The number of aromatic nitrogens is 1. The summed E-state index contributed by atoms with van der Waals surface area (Å²) in [5.74, 6) is 0.562. The standard InChI is InChI=1S/C13H22N4O/c1-10(9-18)16-11-4-6-17(7-5-11)12-2-3-13(14)15-8-12/h2-3,8,10-11,16,18H,4-7,9H2,1H3,(H2,14,15)/t10-/m1/s1. The zero-order valence-corrected chi connectivity index (χ0v) is 10.8. The van der Waals surface area contributed by atoms with Gasteiger partial charge in [0.2, 0.25) is 0 Å². The summed E-state index contributed by atoms with van der Waals surface area (Å²) in [5, 5.41) is 12.5. The van der Waals surface area contributed by atoms with Crippen molar-refractivity contribution in [1.29, 1.82) is 0 Å². The summed E-state index contributed by atoms with van der Waals surface area (Å²) in [7, 11) is 0. The van der Waals surface area contributed by atoms with Crippen LogP contribution in [0, 0.1) is 0 Å². The van der Waals surface area contributed by atoms with E-state index in [1.54, 1.807) is 0 Å². The lowest BCUT2D eigenvalue weighted by Gasteiger charge is -2.34. The van der Waals surface area contributed by atoms with Crippen molar-refractivity contribution in [3.8, 4) is 0 Å². The first-order valence-electron chi connectivity index (χ1n) is 6.52. The van der Waals surface area contributed by atoms with Gasteiger partial charge in [-0.2, -0.15) is 0 Å². The van der Waals surface area contributed by atoms with Crippen molar-refractivity contribution >= 4 is 11.5 Å². The minimum absolute atomic E-state index is 0.180. The predicted molar refractivity (Wildman–Crippen MR) is 73.6 cm³/mol. The number of rotatable bonds is 4. The molecular weight excluding hydrogens is 228 g/mol. The number of anilines is 2. The molecule has 2 heterocycles. The molecule has 4 N–H and O–H groups in total. The molecular formula is C13H22N4O. The van der Waals surface area contributed by atoms with Crippen molar-refractivity contribution < 1.29 is 5.11 Å². The second-order valence-electron chi connectivity index (χ2n) is 4.95. The van der Waals surface area contributed by atoms with Crippen LogP contribution in [-0.4, -0.2) is 41.9 Å². The molecule has 1 aliphatic rings. The van der Waals surface area contributed by atoms with E-state index in [0.717, 1.165) is 31.6 Å². The van der Waals surface area contributed by atoms with Gasteiger partial charge in [-0.3, -0.25) is 0 Å². The van der Waals surface area contributed by atoms with Gasteiger partial charge < -0.3 is 21.1 Å². The van der Waals surface area contributed by atoms with Crippen LogP contribution in [0.2, 0.25) is 0 Å². The van der Waals surface area contributed by atoms with Gasteiger partial charge in [-0.15, -0.1) is 0 Å². The van der Waals surface area contributed by atoms with Crippen LogP contribution in [0.15, 0.2) is 18.3 Å². The number of pyridine rings is 1. The van der Waals surface area contributed by atoms with Gasteiger partial charge in [0.05, 0.1) is 18.5 Å². The quantitative estimate of drug-likeness (QED) is 0.730. The Kier molecular flexibility index (Phi) is 4.38. The first-order chi connectivity index (χ1) is 8.69. The number of nitrogen functional groups attached to an aromatic ring is 1. The maximum atomic E-state index is 9.03. The Morgan fingerprint density at radius 1 is 1.50 bits per heavy atom. The lowest BCUT2D eigenvalue weighted by atomic mass is 10.0. The van der Waals surface area contributed by atoms with E-state index in [1.807, 2.05) is 25.3 Å². The Bertz CT molecular complexity index is 360. The average molecular weight is 250 g/mol. The van der Waals surface area contributed by atoms with Crippen LogP contribution >= 0.6 is 0 Å². The normalized spacial score (nSPS) is 18.9. The molecule has 0 spiro atoms. The summed E-state index contributed by atoms with van der Waals surface area (Å²) in [4.78, 5) is 6.45. The summed E-state index contributed by atoms with van der Waals surface area (Å²) in [6, 6.07) is 4.55. The summed E-state index contributed by atoms with van der Waals surface area (Å²) in [6.07, 6.45) is 4.02. The SMILES string of the molecule is C[C@H](CO)NC1CCN(c2ccc(N)nc2)CC1. The smallest absolute Gasteiger partial charge is 0.123 e. The lowest BCUT2D eigenvalue weighted by molar-refractivity contribution is 0.233. The van der Waals surface area contributed by atoms with Crippen LogP contribution in [0.1, 0.15) is 19.8 Å². The molecule has 1 saturated heterocycles. The first-order valence-corrected chi connectivity index (χ1v) is 6.52. The fraction of sp³-hybridized carbons (Fsp3) is 0.615. The highest BCUT2D eigenvalue weighted by Crippen LogP contribution is 2.19. The average Bonchev–Trinajstić information content (AvgIpc) is 2.40. The number of nitrogens with zero attached hydrogens (tertiary/aromatic N) is 2. The fourth-order valence-corrected chi connectivity index (χ4v) is 2.34. The van der Waals surface area contributed by atoms with E-state index in [0.29, 0.717) is 11.9 Å². The van der Waals surface area contributed by atoms with E-state index in [4.69, 9.17) is 10.8 Å². The van der Waals surface area contributed by atoms with Crippen molar-refractivity contribution in [2.75, 3.05) is 30.3 Å². The van der Waals surface area contributed by atoms with Gasteiger partial charge in [-0.1, -0.05) is 0 Å². The Morgan fingerprint density at radius 3 is 2.78 bits per heavy atom. The summed E-state index contributed by atoms with van der Waals surface area (Å²) < 4.78 is 0. The Balaban J connectivity index is 1.84. The zero-order chi connectivity index (χ0) is 13.0. The molecule has 0 amide bonds. The second kappa shape index (κ2) is 6.02. The number of aliphatic hydroxyl groups is 1. The maximum absolute atomic E-state index is 9.03. The number of hydrogen-bond acceptors (Lipinski definition) is 5. The van der Waals surface area contributed by atoms with E-state index in [1.165, 1.54) is 0 Å². The largest absolute Gasteiger partial charge is 0.395 e.